The Kier molecular flexibility index (Phi) is 16.2. The summed E-state index contributed by atoms with van der Waals surface area (Å²) in [6.07, 6.45) is 14.1. The van der Waals surface area contributed by atoms with Crippen molar-refractivity contribution in [3.63, 3.8) is 0 Å². The van der Waals surface area contributed by atoms with Crippen molar-refractivity contribution in [1.29, 1.82) is 0 Å². The second kappa shape index (κ2) is 16.6. The first-order valence-electron chi connectivity index (χ1n) is 9.83. The molecule has 1 aliphatic rings. The van der Waals surface area contributed by atoms with E-state index in [1.807, 2.05) is 0 Å². The van der Waals surface area contributed by atoms with E-state index in [0.717, 1.165) is 19.3 Å². The molecule has 0 spiro atoms. The minimum atomic E-state index is -0.955. The van der Waals surface area contributed by atoms with Crippen LogP contribution in [-0.2, 0) is 14.4 Å². The van der Waals surface area contributed by atoms with Crippen molar-refractivity contribution in [2.24, 2.45) is 10.9 Å². The maximum Gasteiger partial charge on any atom is 1.00 e. The van der Waals surface area contributed by atoms with Crippen LogP contribution in [0, 0.1) is 5.92 Å². The molecular weight excluding hydrogens is 343 g/mol. The van der Waals surface area contributed by atoms with Crippen molar-refractivity contribution in [2.45, 2.75) is 84.0 Å². The van der Waals surface area contributed by atoms with Crippen molar-refractivity contribution >= 4 is 18.3 Å². The number of unbranched alkanes of at least 4 members (excludes halogenated alkanes) is 9. The zero-order valence-electron chi connectivity index (χ0n) is 17.6. The minimum Gasteiger partial charge on any atom is -1.00 e. The second-order valence-electron chi connectivity index (χ2n) is 6.84. The largest absolute Gasteiger partial charge is 1.00 e. The Morgan fingerprint density at radius 2 is 1.69 bits per heavy atom. The minimum absolute atomic E-state index is 0. The number of nitrogens with zero attached hydrogens (tertiary/aromatic N) is 2. The summed E-state index contributed by atoms with van der Waals surface area (Å²) in [4.78, 5) is 32.3. The van der Waals surface area contributed by atoms with Crippen LogP contribution in [-0.4, -0.2) is 41.5 Å². The summed E-state index contributed by atoms with van der Waals surface area (Å²) in [5, 5.41) is 10.4. The molecule has 0 amide bonds. The van der Waals surface area contributed by atoms with Gasteiger partial charge in [-0.05, 0) is 6.42 Å². The van der Waals surface area contributed by atoms with E-state index >= 15 is 0 Å². The molecule has 1 heterocycles. The Hall–Kier alpha value is -0.590. The van der Waals surface area contributed by atoms with Crippen LogP contribution in [0.4, 0.5) is 0 Å². The number of aliphatic carboxylic acids is 1. The van der Waals surface area contributed by atoms with E-state index in [1.54, 1.807) is 0 Å². The third kappa shape index (κ3) is 12.7. The first-order chi connectivity index (χ1) is 12.1. The fourth-order valence-corrected chi connectivity index (χ4v) is 3.01. The molecule has 0 bridgehead atoms. The van der Waals surface area contributed by atoms with Gasteiger partial charge in [-0.3, -0.25) is 9.79 Å². The number of hydrogen-bond donors (Lipinski definition) is 1. The van der Waals surface area contributed by atoms with Crippen LogP contribution in [0.5, 0.6) is 0 Å². The first kappa shape index (κ1) is 25.4. The Morgan fingerprint density at radius 1 is 1.12 bits per heavy atom. The number of hydroxylamine groups is 2. The number of hydrogen-bond acceptors (Lipinski definition) is 5. The quantitative estimate of drug-likeness (QED) is 0.343. The van der Waals surface area contributed by atoms with Gasteiger partial charge in [-0.2, -0.15) is 5.06 Å². The van der Waals surface area contributed by atoms with Crippen LogP contribution < -0.4 is 29.6 Å². The summed E-state index contributed by atoms with van der Waals surface area (Å²) in [6, 6.07) is 0. The zero-order valence-corrected chi connectivity index (χ0v) is 18.6. The topological polar surface area (TPSA) is 79.2 Å². The number of carbonyl (C=O) groups excluding carboxylic acids is 1. The average Bonchev–Trinajstić information content (AvgIpc) is 3.08. The van der Waals surface area contributed by atoms with Gasteiger partial charge in [0, 0.05) is 0 Å². The van der Waals surface area contributed by atoms with Gasteiger partial charge in [0.25, 0.3) is 0 Å². The number of aliphatic imine (C=N–C) groups is 1. The van der Waals surface area contributed by atoms with Crippen LogP contribution in [0.1, 0.15) is 85.4 Å². The number of carbonyl (C=O) groups is 2. The Balaban J connectivity index is 0. The van der Waals surface area contributed by atoms with Gasteiger partial charge in [0.1, 0.15) is 6.34 Å². The first-order valence-corrected chi connectivity index (χ1v) is 9.83. The van der Waals surface area contributed by atoms with Gasteiger partial charge in [-0.25, -0.2) is 4.79 Å². The van der Waals surface area contributed by atoms with Crippen molar-refractivity contribution in [3.05, 3.63) is 0 Å². The molecule has 6 nitrogen and oxygen atoms in total. The van der Waals surface area contributed by atoms with Gasteiger partial charge in [-0.1, -0.05) is 71.1 Å². The van der Waals surface area contributed by atoms with E-state index in [-0.39, 0.29) is 37.4 Å². The van der Waals surface area contributed by atoms with E-state index in [2.05, 4.69) is 11.9 Å². The van der Waals surface area contributed by atoms with Crippen LogP contribution in [0.15, 0.2) is 4.99 Å². The molecule has 26 heavy (non-hydrogen) atoms. The zero-order chi connectivity index (χ0) is 18.3. The summed E-state index contributed by atoms with van der Waals surface area (Å²) in [7, 11) is 0. The maximum atomic E-state index is 12.1. The summed E-state index contributed by atoms with van der Waals surface area (Å²) < 4.78 is 0. The van der Waals surface area contributed by atoms with Crippen molar-refractivity contribution in [1.82, 2.24) is 5.06 Å². The molecule has 146 valence electrons. The third-order valence-electron chi connectivity index (χ3n) is 4.53. The van der Waals surface area contributed by atoms with Gasteiger partial charge in [0.05, 0.1) is 25.4 Å². The number of carboxylic acids is 1. The van der Waals surface area contributed by atoms with Crippen LogP contribution in [0.2, 0.25) is 0 Å². The second-order valence-corrected chi connectivity index (χ2v) is 6.84. The summed E-state index contributed by atoms with van der Waals surface area (Å²) in [6.45, 7) is 3.38. The van der Waals surface area contributed by atoms with Gasteiger partial charge < -0.3 is 11.4 Å². The summed E-state index contributed by atoms with van der Waals surface area (Å²) in [5.74, 6) is -1.98. The number of rotatable bonds is 15. The fourth-order valence-electron chi connectivity index (χ4n) is 3.01. The molecule has 1 rings (SSSR count). The molecule has 0 radical (unpaired) electrons. The van der Waals surface area contributed by atoms with Crippen molar-refractivity contribution in [3.8, 4) is 0 Å². The van der Waals surface area contributed by atoms with Crippen molar-refractivity contribution in [2.75, 3.05) is 13.1 Å². The predicted molar refractivity (Wildman–Crippen MR) is 99.5 cm³/mol. The van der Waals surface area contributed by atoms with Gasteiger partial charge in [-0.15, -0.1) is 0 Å². The van der Waals surface area contributed by atoms with Crippen LogP contribution in [0.3, 0.4) is 0 Å². The predicted octanol–water partition coefficient (Wildman–Crippen LogP) is 1.31. The molecule has 1 aliphatic heterocycles. The van der Waals surface area contributed by atoms with Gasteiger partial charge in [0.2, 0.25) is 0 Å². The average molecular weight is 378 g/mol. The summed E-state index contributed by atoms with van der Waals surface area (Å²) in [5.41, 5.74) is 0. The number of carboxylic acid groups (broad SMARTS) is 1. The van der Waals surface area contributed by atoms with E-state index in [1.165, 1.54) is 56.3 Å². The normalized spacial score (nSPS) is 14.1. The van der Waals surface area contributed by atoms with E-state index in [4.69, 9.17) is 9.94 Å². The van der Waals surface area contributed by atoms with Gasteiger partial charge >= 0.3 is 41.5 Å². The molecule has 7 heteroatoms. The third-order valence-corrected chi connectivity index (χ3v) is 4.53. The fraction of sp³-hybridized carbons (Fsp3) is 0.842. The Morgan fingerprint density at radius 3 is 2.19 bits per heavy atom. The van der Waals surface area contributed by atoms with E-state index in [9.17, 15) is 9.59 Å². The molecule has 0 aromatic carbocycles. The molecule has 1 unspecified atom stereocenters. The van der Waals surface area contributed by atoms with Crippen LogP contribution in [0.25, 0.3) is 0 Å². The SMILES string of the molecule is CCCCCCCCCCCCC(CC(=O)O)C(=O)ON1C=NCC1.[H-].[Na+]. The molecule has 0 aliphatic carbocycles. The Labute approximate surface area is 181 Å². The molecule has 0 aromatic heterocycles. The summed E-state index contributed by atoms with van der Waals surface area (Å²) >= 11 is 0. The molecule has 1 atom stereocenters. The Bertz CT molecular complexity index is 425. The molecular formula is C19H35N2NaO4. The maximum absolute atomic E-state index is 12.1. The van der Waals surface area contributed by atoms with E-state index < -0.39 is 17.9 Å². The van der Waals surface area contributed by atoms with Gasteiger partial charge in [0.15, 0.2) is 0 Å². The van der Waals surface area contributed by atoms with Crippen LogP contribution >= 0.6 is 0 Å². The molecule has 0 saturated carbocycles. The smallest absolute Gasteiger partial charge is 1.00 e. The molecule has 1 N–H and O–H groups in total. The molecule has 0 aromatic rings. The monoisotopic (exact) mass is 378 g/mol. The molecule has 0 fully saturated rings. The van der Waals surface area contributed by atoms with E-state index in [0.29, 0.717) is 19.5 Å². The van der Waals surface area contributed by atoms with Crippen molar-refractivity contribution < 1.29 is 50.5 Å². The standard InChI is InChI=1S/C19H34N2O4.Na.H/c1-2-3-4-5-6-7-8-9-10-11-12-17(15-18(22)23)19(24)25-21-14-13-20-16-21;;/h16-17H,2-15H2,1H3,(H,22,23);;/q;+1;-1. The molecule has 0 saturated heterocycles.